The molecular formula is C20H29N3O3. The van der Waals surface area contributed by atoms with E-state index in [2.05, 4.69) is 10.6 Å². The molecule has 1 heterocycles. The number of carbonyl (C=O) groups excluding carboxylic acids is 3. The average Bonchev–Trinajstić information content (AvgIpc) is 3.09. The van der Waals surface area contributed by atoms with Crippen molar-refractivity contribution >= 4 is 23.4 Å². The molecule has 1 unspecified atom stereocenters. The number of benzene rings is 1. The highest BCUT2D eigenvalue weighted by Gasteiger charge is 2.34. The summed E-state index contributed by atoms with van der Waals surface area (Å²) in [6, 6.07) is 7.04. The number of amides is 3. The van der Waals surface area contributed by atoms with Crippen molar-refractivity contribution in [2.24, 2.45) is 11.8 Å². The standard InChI is InChI=1S/C20H29N3O3/c1-13(2)18(24)22-16-9-7-15(8-10-16)12-21-19(25)17-6-5-11-23(17)20(26)14(3)4/h7-10,13-14,17H,5-6,11-12H2,1-4H3,(H,21,25)(H,22,24). The molecular weight excluding hydrogens is 330 g/mol. The van der Waals surface area contributed by atoms with Gasteiger partial charge in [-0.25, -0.2) is 0 Å². The molecule has 1 aliphatic rings. The molecule has 3 amide bonds. The van der Waals surface area contributed by atoms with Gasteiger partial charge in [0, 0.05) is 30.6 Å². The predicted octanol–water partition coefficient (Wildman–Crippen LogP) is 2.54. The summed E-state index contributed by atoms with van der Waals surface area (Å²) in [6.45, 7) is 8.45. The second-order valence-electron chi connectivity index (χ2n) is 7.40. The van der Waals surface area contributed by atoms with Gasteiger partial charge in [0.15, 0.2) is 0 Å². The lowest BCUT2D eigenvalue weighted by atomic mass is 10.1. The zero-order valence-corrected chi connectivity index (χ0v) is 16.0. The molecule has 0 aliphatic carbocycles. The van der Waals surface area contributed by atoms with Gasteiger partial charge in [-0.15, -0.1) is 0 Å². The molecule has 142 valence electrons. The number of rotatable bonds is 6. The van der Waals surface area contributed by atoms with Gasteiger partial charge in [-0.2, -0.15) is 0 Å². The molecule has 1 aliphatic heterocycles. The second kappa shape index (κ2) is 8.83. The Morgan fingerprint density at radius 1 is 1.08 bits per heavy atom. The van der Waals surface area contributed by atoms with Crippen LogP contribution in [0.4, 0.5) is 5.69 Å². The number of likely N-dealkylation sites (tertiary alicyclic amines) is 1. The Bertz CT molecular complexity index is 653. The fourth-order valence-electron chi connectivity index (χ4n) is 2.93. The van der Waals surface area contributed by atoms with E-state index < -0.39 is 0 Å². The van der Waals surface area contributed by atoms with Crippen molar-refractivity contribution in [3.05, 3.63) is 29.8 Å². The van der Waals surface area contributed by atoms with Gasteiger partial charge < -0.3 is 15.5 Å². The molecule has 2 N–H and O–H groups in total. The van der Waals surface area contributed by atoms with E-state index in [4.69, 9.17) is 0 Å². The number of hydrogen-bond acceptors (Lipinski definition) is 3. The minimum atomic E-state index is -0.366. The molecule has 2 rings (SSSR count). The number of anilines is 1. The van der Waals surface area contributed by atoms with Crippen LogP contribution in [0.3, 0.4) is 0 Å². The zero-order chi connectivity index (χ0) is 19.3. The highest BCUT2D eigenvalue weighted by molar-refractivity contribution is 5.92. The zero-order valence-electron chi connectivity index (χ0n) is 16.0. The Hall–Kier alpha value is -2.37. The second-order valence-corrected chi connectivity index (χ2v) is 7.40. The number of nitrogens with zero attached hydrogens (tertiary/aromatic N) is 1. The summed E-state index contributed by atoms with van der Waals surface area (Å²) in [4.78, 5) is 38.1. The highest BCUT2D eigenvalue weighted by atomic mass is 16.2. The maximum Gasteiger partial charge on any atom is 0.243 e. The van der Waals surface area contributed by atoms with E-state index in [-0.39, 0.29) is 35.6 Å². The van der Waals surface area contributed by atoms with E-state index in [0.29, 0.717) is 19.5 Å². The van der Waals surface area contributed by atoms with Crippen molar-refractivity contribution in [1.82, 2.24) is 10.2 Å². The first-order valence-corrected chi connectivity index (χ1v) is 9.27. The van der Waals surface area contributed by atoms with Crippen molar-refractivity contribution in [3.8, 4) is 0 Å². The topological polar surface area (TPSA) is 78.5 Å². The van der Waals surface area contributed by atoms with Gasteiger partial charge in [0.25, 0.3) is 0 Å². The fourth-order valence-corrected chi connectivity index (χ4v) is 2.93. The summed E-state index contributed by atoms with van der Waals surface area (Å²) in [5, 5.41) is 5.76. The lowest BCUT2D eigenvalue weighted by Crippen LogP contribution is -2.47. The van der Waals surface area contributed by atoms with Crippen molar-refractivity contribution in [1.29, 1.82) is 0 Å². The van der Waals surface area contributed by atoms with E-state index in [9.17, 15) is 14.4 Å². The third-order valence-electron chi connectivity index (χ3n) is 4.55. The maximum absolute atomic E-state index is 12.5. The van der Waals surface area contributed by atoms with Crippen LogP contribution >= 0.6 is 0 Å². The Kier molecular flexibility index (Phi) is 6.77. The van der Waals surface area contributed by atoms with Gasteiger partial charge in [-0.05, 0) is 30.5 Å². The number of hydrogen-bond donors (Lipinski definition) is 2. The molecule has 0 saturated carbocycles. The van der Waals surface area contributed by atoms with Gasteiger partial charge in [0.2, 0.25) is 17.7 Å². The van der Waals surface area contributed by atoms with E-state index >= 15 is 0 Å². The summed E-state index contributed by atoms with van der Waals surface area (Å²) in [7, 11) is 0. The first-order chi connectivity index (χ1) is 12.3. The monoisotopic (exact) mass is 359 g/mol. The van der Waals surface area contributed by atoms with E-state index in [1.165, 1.54) is 0 Å². The molecule has 26 heavy (non-hydrogen) atoms. The molecule has 0 aromatic heterocycles. The predicted molar refractivity (Wildman–Crippen MR) is 101 cm³/mol. The first kappa shape index (κ1) is 19.9. The highest BCUT2D eigenvalue weighted by Crippen LogP contribution is 2.20. The van der Waals surface area contributed by atoms with Gasteiger partial charge in [0.05, 0.1) is 0 Å². The Morgan fingerprint density at radius 3 is 2.31 bits per heavy atom. The van der Waals surface area contributed by atoms with Gasteiger partial charge in [-0.1, -0.05) is 39.8 Å². The van der Waals surface area contributed by atoms with Crippen LogP contribution in [-0.2, 0) is 20.9 Å². The smallest absolute Gasteiger partial charge is 0.243 e. The van der Waals surface area contributed by atoms with Gasteiger partial charge in [0.1, 0.15) is 6.04 Å². The van der Waals surface area contributed by atoms with Crippen LogP contribution in [0.25, 0.3) is 0 Å². The van der Waals surface area contributed by atoms with Crippen molar-refractivity contribution in [2.45, 2.75) is 53.1 Å². The minimum absolute atomic E-state index is 0.0257. The molecule has 0 spiro atoms. The fraction of sp³-hybridized carbons (Fsp3) is 0.550. The molecule has 6 heteroatoms. The third-order valence-corrected chi connectivity index (χ3v) is 4.55. The molecule has 1 fully saturated rings. The van der Waals surface area contributed by atoms with Crippen molar-refractivity contribution in [2.75, 3.05) is 11.9 Å². The van der Waals surface area contributed by atoms with E-state index in [1.807, 2.05) is 52.0 Å². The Morgan fingerprint density at radius 2 is 1.73 bits per heavy atom. The molecule has 1 aromatic rings. The van der Waals surface area contributed by atoms with Crippen LogP contribution in [-0.4, -0.2) is 35.2 Å². The van der Waals surface area contributed by atoms with Gasteiger partial charge >= 0.3 is 0 Å². The largest absolute Gasteiger partial charge is 0.350 e. The molecule has 1 atom stereocenters. The summed E-state index contributed by atoms with van der Waals surface area (Å²) < 4.78 is 0. The SMILES string of the molecule is CC(C)C(=O)Nc1ccc(CNC(=O)C2CCCN2C(=O)C(C)C)cc1. The lowest BCUT2D eigenvalue weighted by molar-refractivity contribution is -0.140. The summed E-state index contributed by atoms with van der Waals surface area (Å²) >= 11 is 0. The van der Waals surface area contributed by atoms with Crippen LogP contribution < -0.4 is 10.6 Å². The van der Waals surface area contributed by atoms with Gasteiger partial charge in [-0.3, -0.25) is 14.4 Å². The maximum atomic E-state index is 12.5. The summed E-state index contributed by atoms with van der Waals surface area (Å²) in [5.41, 5.74) is 1.68. The van der Waals surface area contributed by atoms with Crippen molar-refractivity contribution < 1.29 is 14.4 Å². The molecule has 0 radical (unpaired) electrons. The van der Waals surface area contributed by atoms with E-state index in [1.54, 1.807) is 4.90 Å². The van der Waals surface area contributed by atoms with Crippen LogP contribution in [0.5, 0.6) is 0 Å². The normalized spacial score (nSPS) is 16.8. The molecule has 1 saturated heterocycles. The first-order valence-electron chi connectivity index (χ1n) is 9.27. The minimum Gasteiger partial charge on any atom is -0.350 e. The van der Waals surface area contributed by atoms with Crippen LogP contribution in [0.1, 0.15) is 46.1 Å². The summed E-state index contributed by atoms with van der Waals surface area (Å²) in [5.74, 6) is -0.266. The number of carbonyl (C=O) groups is 3. The van der Waals surface area contributed by atoms with E-state index in [0.717, 1.165) is 17.7 Å². The Balaban J connectivity index is 1.89. The molecule has 6 nitrogen and oxygen atoms in total. The molecule has 0 bridgehead atoms. The van der Waals surface area contributed by atoms with Crippen LogP contribution in [0.2, 0.25) is 0 Å². The van der Waals surface area contributed by atoms with Crippen molar-refractivity contribution in [3.63, 3.8) is 0 Å². The van der Waals surface area contributed by atoms with Crippen LogP contribution in [0.15, 0.2) is 24.3 Å². The third kappa shape index (κ3) is 5.07. The quantitative estimate of drug-likeness (QED) is 0.819. The number of nitrogens with one attached hydrogen (secondary N) is 2. The Labute approximate surface area is 155 Å². The lowest BCUT2D eigenvalue weighted by Gasteiger charge is -2.25. The summed E-state index contributed by atoms with van der Waals surface area (Å²) in [6.07, 6.45) is 1.57. The van der Waals surface area contributed by atoms with Crippen LogP contribution in [0, 0.1) is 11.8 Å². The average molecular weight is 359 g/mol. The molecule has 1 aromatic carbocycles.